The summed E-state index contributed by atoms with van der Waals surface area (Å²) in [6, 6.07) is -0.0447. The minimum absolute atomic E-state index is 0.0447. The minimum atomic E-state index is -3.37. The van der Waals surface area contributed by atoms with Gasteiger partial charge in [-0.05, 0) is 6.42 Å². The summed E-state index contributed by atoms with van der Waals surface area (Å²) in [7, 11) is -3.37. The number of nitrogens with zero attached hydrogens (tertiary/aromatic N) is 2. The minimum Gasteiger partial charge on any atom is -0.326 e. The number of hydrogen-bond acceptors (Lipinski definition) is 4. The molecule has 6 nitrogen and oxygen atoms in total. The van der Waals surface area contributed by atoms with Gasteiger partial charge in [-0.3, -0.25) is 5.10 Å². The molecule has 2 heterocycles. The summed E-state index contributed by atoms with van der Waals surface area (Å²) < 4.78 is 25.1. The van der Waals surface area contributed by atoms with Crippen molar-refractivity contribution in [2.45, 2.75) is 17.4 Å². The molecule has 1 atom stereocenters. The number of aromatic nitrogens is 2. The third kappa shape index (κ3) is 1.54. The van der Waals surface area contributed by atoms with Gasteiger partial charge in [0, 0.05) is 25.3 Å². The number of hydrogen-bond donors (Lipinski definition) is 2. The molecule has 7 heteroatoms. The summed E-state index contributed by atoms with van der Waals surface area (Å²) in [4.78, 5) is 0.201. The Bertz CT molecular complexity index is 399. The third-order valence-electron chi connectivity index (χ3n) is 2.30. The Labute approximate surface area is 82.1 Å². The van der Waals surface area contributed by atoms with Gasteiger partial charge in [0.25, 0.3) is 0 Å². The van der Waals surface area contributed by atoms with Crippen LogP contribution in [0.15, 0.2) is 17.3 Å². The second-order valence-corrected chi connectivity index (χ2v) is 5.28. The number of rotatable bonds is 2. The fraction of sp³-hybridized carbons (Fsp3) is 0.571. The lowest BCUT2D eigenvalue weighted by Gasteiger charge is -2.13. The predicted octanol–water partition coefficient (Wildman–Crippen LogP) is -0.869. The highest BCUT2D eigenvalue weighted by Crippen LogP contribution is 2.18. The van der Waals surface area contributed by atoms with Crippen molar-refractivity contribution in [2.75, 3.05) is 13.1 Å². The van der Waals surface area contributed by atoms with Crippen molar-refractivity contribution >= 4 is 10.0 Å². The molecule has 1 aromatic rings. The summed E-state index contributed by atoms with van der Waals surface area (Å²) in [5.74, 6) is 0. The maximum Gasteiger partial charge on any atom is 0.246 e. The fourth-order valence-electron chi connectivity index (χ4n) is 1.50. The zero-order valence-corrected chi connectivity index (χ0v) is 8.37. The van der Waals surface area contributed by atoms with E-state index >= 15 is 0 Å². The first-order chi connectivity index (χ1) is 6.60. The first-order valence-electron chi connectivity index (χ1n) is 4.35. The van der Waals surface area contributed by atoms with Crippen LogP contribution < -0.4 is 5.73 Å². The maximum atomic E-state index is 11.9. The van der Waals surface area contributed by atoms with Gasteiger partial charge in [0.15, 0.2) is 0 Å². The van der Waals surface area contributed by atoms with Gasteiger partial charge in [-0.25, -0.2) is 8.42 Å². The lowest BCUT2D eigenvalue weighted by Crippen LogP contribution is -2.31. The Hall–Kier alpha value is -0.920. The van der Waals surface area contributed by atoms with Crippen LogP contribution in [0.3, 0.4) is 0 Å². The summed E-state index contributed by atoms with van der Waals surface area (Å²) in [6.07, 6.45) is 3.40. The molecule has 0 radical (unpaired) electrons. The number of aromatic amines is 1. The molecule has 2 rings (SSSR count). The lowest BCUT2D eigenvalue weighted by atomic mass is 10.3. The third-order valence-corrected chi connectivity index (χ3v) is 4.13. The Morgan fingerprint density at radius 2 is 2.43 bits per heavy atom. The van der Waals surface area contributed by atoms with Crippen LogP contribution in [0.1, 0.15) is 6.42 Å². The monoisotopic (exact) mass is 216 g/mol. The van der Waals surface area contributed by atoms with E-state index in [1.807, 2.05) is 0 Å². The van der Waals surface area contributed by atoms with Crippen LogP contribution >= 0.6 is 0 Å². The summed E-state index contributed by atoms with van der Waals surface area (Å²) >= 11 is 0. The van der Waals surface area contributed by atoms with Crippen molar-refractivity contribution in [3.63, 3.8) is 0 Å². The molecule has 1 saturated heterocycles. The van der Waals surface area contributed by atoms with E-state index in [1.54, 1.807) is 0 Å². The van der Waals surface area contributed by atoms with E-state index in [0.29, 0.717) is 13.1 Å². The van der Waals surface area contributed by atoms with Crippen molar-refractivity contribution in [1.82, 2.24) is 14.5 Å². The van der Waals surface area contributed by atoms with Gasteiger partial charge in [-0.2, -0.15) is 9.40 Å². The second-order valence-electron chi connectivity index (χ2n) is 3.35. The number of nitrogens with two attached hydrogens (primary N) is 1. The van der Waals surface area contributed by atoms with Crippen LogP contribution in [-0.2, 0) is 10.0 Å². The van der Waals surface area contributed by atoms with Gasteiger partial charge >= 0.3 is 0 Å². The molecule has 14 heavy (non-hydrogen) atoms. The second kappa shape index (κ2) is 3.34. The standard InChI is InChI=1S/C7H12N4O2S/c8-6-1-2-11(5-6)14(12,13)7-3-9-10-4-7/h3-4,6H,1-2,5,8H2,(H,9,10). The number of nitrogens with one attached hydrogen (secondary N) is 1. The van der Waals surface area contributed by atoms with Gasteiger partial charge in [0.05, 0.1) is 6.20 Å². The van der Waals surface area contributed by atoms with E-state index in [1.165, 1.54) is 16.7 Å². The molecule has 0 aromatic carbocycles. The maximum absolute atomic E-state index is 11.9. The molecule has 1 aliphatic rings. The first kappa shape index (κ1) is 9.63. The van der Waals surface area contributed by atoms with Crippen molar-refractivity contribution in [3.8, 4) is 0 Å². The molecular formula is C7H12N4O2S. The molecule has 3 N–H and O–H groups in total. The van der Waals surface area contributed by atoms with Gasteiger partial charge in [-0.1, -0.05) is 0 Å². The van der Waals surface area contributed by atoms with Crippen molar-refractivity contribution in [3.05, 3.63) is 12.4 Å². The zero-order valence-electron chi connectivity index (χ0n) is 7.55. The van der Waals surface area contributed by atoms with E-state index in [0.717, 1.165) is 6.42 Å². The molecule has 1 fully saturated rings. The van der Waals surface area contributed by atoms with Crippen LogP contribution in [0.25, 0.3) is 0 Å². The average Bonchev–Trinajstić information content (AvgIpc) is 2.72. The van der Waals surface area contributed by atoms with E-state index in [2.05, 4.69) is 10.2 Å². The molecule has 0 amide bonds. The SMILES string of the molecule is NC1CCN(S(=O)(=O)c2cn[nH]c2)C1. The van der Waals surface area contributed by atoms with Gasteiger partial charge in [-0.15, -0.1) is 0 Å². The van der Waals surface area contributed by atoms with Crippen molar-refractivity contribution in [2.24, 2.45) is 5.73 Å². The summed E-state index contributed by atoms with van der Waals surface area (Å²) in [5.41, 5.74) is 5.65. The molecule has 1 aromatic heterocycles. The largest absolute Gasteiger partial charge is 0.326 e. The quantitative estimate of drug-likeness (QED) is 0.672. The highest BCUT2D eigenvalue weighted by atomic mass is 32.2. The van der Waals surface area contributed by atoms with E-state index in [4.69, 9.17) is 5.73 Å². The van der Waals surface area contributed by atoms with Crippen molar-refractivity contribution < 1.29 is 8.42 Å². The van der Waals surface area contributed by atoms with Crippen LogP contribution in [0.5, 0.6) is 0 Å². The van der Waals surface area contributed by atoms with E-state index < -0.39 is 10.0 Å². The van der Waals surface area contributed by atoms with Crippen LogP contribution in [0.2, 0.25) is 0 Å². The van der Waals surface area contributed by atoms with Gasteiger partial charge in [0.2, 0.25) is 10.0 Å². The van der Waals surface area contributed by atoms with Gasteiger partial charge < -0.3 is 5.73 Å². The Morgan fingerprint density at radius 3 is 2.93 bits per heavy atom. The highest BCUT2D eigenvalue weighted by molar-refractivity contribution is 7.89. The summed E-state index contributed by atoms with van der Waals surface area (Å²) in [5, 5.41) is 6.10. The summed E-state index contributed by atoms with van der Waals surface area (Å²) in [6.45, 7) is 0.891. The van der Waals surface area contributed by atoms with E-state index in [-0.39, 0.29) is 10.9 Å². The number of H-pyrrole nitrogens is 1. The fourth-order valence-corrected chi connectivity index (χ4v) is 2.92. The first-order valence-corrected chi connectivity index (χ1v) is 5.79. The molecule has 1 unspecified atom stereocenters. The molecule has 0 bridgehead atoms. The molecular weight excluding hydrogens is 204 g/mol. The lowest BCUT2D eigenvalue weighted by molar-refractivity contribution is 0.472. The Morgan fingerprint density at radius 1 is 1.64 bits per heavy atom. The topological polar surface area (TPSA) is 92.1 Å². The average molecular weight is 216 g/mol. The van der Waals surface area contributed by atoms with Crippen LogP contribution in [0.4, 0.5) is 0 Å². The zero-order chi connectivity index (χ0) is 10.2. The Balaban J connectivity index is 2.26. The van der Waals surface area contributed by atoms with Gasteiger partial charge in [0.1, 0.15) is 4.90 Å². The molecule has 1 aliphatic heterocycles. The normalized spacial score (nSPS) is 24.2. The highest BCUT2D eigenvalue weighted by Gasteiger charge is 2.31. The van der Waals surface area contributed by atoms with E-state index in [9.17, 15) is 8.42 Å². The Kier molecular flexibility index (Phi) is 2.30. The molecule has 0 saturated carbocycles. The van der Waals surface area contributed by atoms with Crippen molar-refractivity contribution in [1.29, 1.82) is 0 Å². The molecule has 78 valence electrons. The van der Waals surface area contributed by atoms with Crippen LogP contribution in [-0.4, -0.2) is 42.1 Å². The molecule has 0 spiro atoms. The molecule has 0 aliphatic carbocycles. The smallest absolute Gasteiger partial charge is 0.246 e. The predicted molar refractivity (Wildman–Crippen MR) is 49.9 cm³/mol. The van der Waals surface area contributed by atoms with Crippen LogP contribution in [0, 0.1) is 0 Å². The number of sulfonamides is 1.